The molecule has 0 radical (unpaired) electrons. The first-order valence-electron chi connectivity index (χ1n) is 15.4. The first kappa shape index (κ1) is 30.5. The Morgan fingerprint density at radius 1 is 0.978 bits per heavy atom. The Bertz CT molecular complexity index is 1810. The molecule has 232 valence electrons. The zero-order valence-electron chi connectivity index (χ0n) is 25.9. The van der Waals surface area contributed by atoms with Crippen molar-refractivity contribution in [3.8, 4) is 11.1 Å². The number of aryl methyl sites for hydroxylation is 3. The molecule has 0 atom stereocenters. The number of nitrogens with one attached hydrogen (secondary N) is 1. The fraction of sp³-hybridized carbons (Fsp3) is 0.343. The number of pyridine rings is 2. The third-order valence-corrected chi connectivity index (χ3v) is 10.1. The lowest BCUT2D eigenvalue weighted by atomic mass is 9.98. The van der Waals surface area contributed by atoms with Gasteiger partial charge in [0, 0.05) is 80.8 Å². The van der Waals surface area contributed by atoms with E-state index in [1.807, 2.05) is 43.5 Å². The van der Waals surface area contributed by atoms with E-state index in [2.05, 4.69) is 10.3 Å². The normalized spacial score (nSPS) is 14.6. The van der Waals surface area contributed by atoms with E-state index in [1.165, 1.54) is 23.3 Å². The van der Waals surface area contributed by atoms with Gasteiger partial charge in [-0.1, -0.05) is 12.1 Å². The molecule has 45 heavy (non-hydrogen) atoms. The molecular formula is C35H37N5O4S. The molecule has 0 spiro atoms. The number of hydrogen-bond donors (Lipinski definition) is 1. The molecule has 1 aromatic carbocycles. The second kappa shape index (κ2) is 12.8. The highest BCUT2D eigenvalue weighted by Crippen LogP contribution is 2.32. The Morgan fingerprint density at radius 2 is 1.73 bits per heavy atom. The minimum Gasteiger partial charge on any atom is -0.339 e. The van der Waals surface area contributed by atoms with Gasteiger partial charge in [0.05, 0.1) is 10.4 Å². The zero-order chi connectivity index (χ0) is 31.7. The molecule has 9 nitrogen and oxygen atoms in total. The largest absolute Gasteiger partial charge is 0.339 e. The standard InChI is InChI=1S/C35H37N5O4S/c1-22-29(8-6-9-30(22)37-33(42)32-19-24-7-4-5-10-31(24)45-32)27-17-26(34(43)38(3)21-27)18-28-12-11-25(20-36-28)35(44)40-15-13-39(14-16-40)23(2)41/h6,8-9,11-12,17,19-21H,4-5,7,10,13-16,18H2,1-3H3,(H,37,42). The first-order chi connectivity index (χ1) is 21.7. The Kier molecular flexibility index (Phi) is 8.67. The number of amides is 3. The van der Waals surface area contributed by atoms with E-state index in [1.54, 1.807) is 58.0 Å². The van der Waals surface area contributed by atoms with Crippen LogP contribution in [0.25, 0.3) is 11.1 Å². The molecule has 1 fully saturated rings. The number of carbonyl (C=O) groups excluding carboxylic acids is 3. The Balaban J connectivity index is 1.18. The van der Waals surface area contributed by atoms with Crippen LogP contribution in [0.15, 0.2) is 59.7 Å². The number of carbonyl (C=O) groups is 3. The maximum absolute atomic E-state index is 13.2. The van der Waals surface area contributed by atoms with Crippen molar-refractivity contribution < 1.29 is 14.4 Å². The average molecular weight is 624 g/mol. The lowest BCUT2D eigenvalue weighted by molar-refractivity contribution is -0.130. The lowest BCUT2D eigenvalue weighted by Gasteiger charge is -2.34. The number of hydrogen-bond acceptors (Lipinski definition) is 6. The van der Waals surface area contributed by atoms with E-state index in [4.69, 9.17) is 0 Å². The quantitative estimate of drug-likeness (QED) is 0.331. The molecule has 1 aliphatic carbocycles. The molecule has 0 saturated carbocycles. The summed E-state index contributed by atoms with van der Waals surface area (Å²) in [6.45, 7) is 5.55. The molecule has 3 aromatic heterocycles. The van der Waals surface area contributed by atoms with Gasteiger partial charge in [0.2, 0.25) is 5.91 Å². The number of fused-ring (bicyclic) bond motifs is 1. The topological polar surface area (TPSA) is 105 Å². The maximum atomic E-state index is 13.2. The minimum absolute atomic E-state index is 0.0184. The van der Waals surface area contributed by atoms with Crippen LogP contribution in [-0.2, 0) is 31.1 Å². The summed E-state index contributed by atoms with van der Waals surface area (Å²) >= 11 is 1.60. The zero-order valence-corrected chi connectivity index (χ0v) is 26.7. The Hall–Kier alpha value is -4.57. The fourth-order valence-corrected chi connectivity index (χ4v) is 7.33. The average Bonchev–Trinajstić information content (AvgIpc) is 3.49. The van der Waals surface area contributed by atoms with E-state index in [9.17, 15) is 19.2 Å². The number of rotatable bonds is 6. The van der Waals surface area contributed by atoms with Gasteiger partial charge >= 0.3 is 0 Å². The monoisotopic (exact) mass is 623 g/mol. The molecule has 10 heteroatoms. The van der Waals surface area contributed by atoms with Crippen molar-refractivity contribution >= 4 is 34.7 Å². The molecule has 0 unspecified atom stereocenters. The van der Waals surface area contributed by atoms with Gasteiger partial charge < -0.3 is 19.7 Å². The summed E-state index contributed by atoms with van der Waals surface area (Å²) < 4.78 is 1.57. The number of nitrogens with zero attached hydrogens (tertiary/aromatic N) is 4. The second-order valence-electron chi connectivity index (χ2n) is 11.9. The van der Waals surface area contributed by atoms with Crippen molar-refractivity contribution in [2.45, 2.75) is 46.0 Å². The van der Waals surface area contributed by atoms with Crippen molar-refractivity contribution in [1.29, 1.82) is 0 Å². The summed E-state index contributed by atoms with van der Waals surface area (Å²) in [6.07, 6.45) is 8.13. The molecule has 1 aliphatic heterocycles. The summed E-state index contributed by atoms with van der Waals surface area (Å²) in [5.74, 6) is -0.191. The van der Waals surface area contributed by atoms with Gasteiger partial charge in [-0.2, -0.15) is 0 Å². The van der Waals surface area contributed by atoms with Crippen LogP contribution in [0.4, 0.5) is 5.69 Å². The predicted molar refractivity (Wildman–Crippen MR) is 176 cm³/mol. The summed E-state index contributed by atoms with van der Waals surface area (Å²) in [5, 5.41) is 3.12. The van der Waals surface area contributed by atoms with Gasteiger partial charge in [-0.15, -0.1) is 11.3 Å². The third kappa shape index (κ3) is 6.47. The van der Waals surface area contributed by atoms with Gasteiger partial charge in [0.15, 0.2) is 0 Å². The predicted octanol–water partition coefficient (Wildman–Crippen LogP) is 4.84. The van der Waals surface area contributed by atoms with E-state index in [0.717, 1.165) is 40.1 Å². The van der Waals surface area contributed by atoms with Crippen LogP contribution in [-0.4, -0.2) is 63.3 Å². The van der Waals surface area contributed by atoms with Crippen LogP contribution in [0.1, 0.15) is 67.1 Å². The van der Waals surface area contributed by atoms with Crippen LogP contribution in [0.5, 0.6) is 0 Å². The molecule has 3 amide bonds. The summed E-state index contributed by atoms with van der Waals surface area (Å²) in [6, 6.07) is 13.3. The Morgan fingerprint density at radius 3 is 2.44 bits per heavy atom. The van der Waals surface area contributed by atoms with Gasteiger partial charge in [-0.05, 0) is 85.2 Å². The van der Waals surface area contributed by atoms with Crippen molar-refractivity contribution in [1.82, 2.24) is 19.4 Å². The van der Waals surface area contributed by atoms with Crippen molar-refractivity contribution in [2.24, 2.45) is 7.05 Å². The highest BCUT2D eigenvalue weighted by atomic mass is 32.1. The van der Waals surface area contributed by atoms with Crippen molar-refractivity contribution in [3.05, 3.63) is 103 Å². The van der Waals surface area contributed by atoms with Crippen LogP contribution >= 0.6 is 11.3 Å². The summed E-state index contributed by atoms with van der Waals surface area (Å²) in [7, 11) is 1.73. The molecule has 4 heterocycles. The second-order valence-corrected chi connectivity index (χ2v) is 13.0. The third-order valence-electron chi connectivity index (χ3n) is 8.83. The van der Waals surface area contributed by atoms with Crippen molar-refractivity contribution in [2.75, 3.05) is 31.5 Å². The molecular weight excluding hydrogens is 586 g/mol. The molecule has 1 N–H and O–H groups in total. The van der Waals surface area contributed by atoms with E-state index >= 15 is 0 Å². The highest BCUT2D eigenvalue weighted by molar-refractivity contribution is 7.14. The molecule has 6 rings (SSSR count). The van der Waals surface area contributed by atoms with Gasteiger partial charge in [-0.25, -0.2) is 0 Å². The molecule has 2 aliphatic rings. The van der Waals surface area contributed by atoms with Crippen LogP contribution < -0.4 is 10.9 Å². The first-order valence-corrected chi connectivity index (χ1v) is 16.2. The number of piperazine rings is 1. The molecule has 4 aromatic rings. The van der Waals surface area contributed by atoms with E-state index < -0.39 is 0 Å². The lowest BCUT2D eigenvalue weighted by Crippen LogP contribution is -2.50. The number of anilines is 1. The minimum atomic E-state index is -0.118. The van der Waals surface area contributed by atoms with Crippen LogP contribution in [0.2, 0.25) is 0 Å². The van der Waals surface area contributed by atoms with Crippen molar-refractivity contribution in [3.63, 3.8) is 0 Å². The number of thiophene rings is 1. The van der Waals surface area contributed by atoms with Crippen LogP contribution in [0.3, 0.4) is 0 Å². The fourth-order valence-electron chi connectivity index (χ4n) is 6.18. The highest BCUT2D eigenvalue weighted by Gasteiger charge is 2.24. The van der Waals surface area contributed by atoms with Gasteiger partial charge in [0.25, 0.3) is 17.4 Å². The maximum Gasteiger partial charge on any atom is 0.265 e. The van der Waals surface area contributed by atoms with Gasteiger partial charge in [-0.3, -0.25) is 24.2 Å². The molecule has 1 saturated heterocycles. The van der Waals surface area contributed by atoms with Crippen LogP contribution in [0, 0.1) is 6.92 Å². The summed E-state index contributed by atoms with van der Waals surface area (Å²) in [5.41, 5.74) is 6.38. The summed E-state index contributed by atoms with van der Waals surface area (Å²) in [4.78, 5) is 61.0. The Labute approximate surface area is 266 Å². The number of aromatic nitrogens is 2. The van der Waals surface area contributed by atoms with E-state index in [0.29, 0.717) is 49.4 Å². The van der Waals surface area contributed by atoms with Gasteiger partial charge in [0.1, 0.15) is 0 Å². The molecule has 0 bridgehead atoms. The van der Waals surface area contributed by atoms with E-state index in [-0.39, 0.29) is 23.3 Å². The SMILES string of the molecule is CC(=O)N1CCN(C(=O)c2ccc(Cc3cc(-c4cccc(NC(=O)c5cc6c(s5)CCCC6)c4C)cn(C)c3=O)nc2)CC1. The number of benzene rings is 1. The smallest absolute Gasteiger partial charge is 0.265 e.